The van der Waals surface area contributed by atoms with Gasteiger partial charge in [-0.2, -0.15) is 0 Å². The summed E-state index contributed by atoms with van der Waals surface area (Å²) in [6.45, 7) is 10.1. The molecule has 0 unspecified atom stereocenters. The zero-order valence-corrected chi connectivity index (χ0v) is 10.0. The Bertz CT molecular complexity index is 146. The van der Waals surface area contributed by atoms with Gasteiger partial charge >= 0.3 is 0 Å². The Balaban J connectivity index is 2.26. The van der Waals surface area contributed by atoms with Crippen LogP contribution in [0.5, 0.6) is 0 Å². The minimum absolute atomic E-state index is 0.339. The second-order valence-electron chi connectivity index (χ2n) is 5.07. The van der Waals surface area contributed by atoms with E-state index >= 15 is 0 Å². The number of rotatable bonds is 6. The van der Waals surface area contributed by atoms with E-state index in [0.29, 0.717) is 17.6 Å². The van der Waals surface area contributed by atoms with E-state index in [-0.39, 0.29) is 0 Å². The SMILES string of the molecule is CC(C)OCC1(COC(C)C)CCC1. The summed E-state index contributed by atoms with van der Waals surface area (Å²) in [4.78, 5) is 0. The van der Waals surface area contributed by atoms with E-state index in [1.54, 1.807) is 0 Å². The fraction of sp³-hybridized carbons (Fsp3) is 1.00. The van der Waals surface area contributed by atoms with Crippen LogP contribution in [-0.2, 0) is 9.47 Å². The average molecular weight is 200 g/mol. The first-order valence-corrected chi connectivity index (χ1v) is 5.77. The van der Waals surface area contributed by atoms with Crippen LogP contribution in [0.15, 0.2) is 0 Å². The molecule has 2 nitrogen and oxygen atoms in total. The molecule has 0 aromatic rings. The summed E-state index contributed by atoms with van der Waals surface area (Å²) in [6, 6.07) is 0. The fourth-order valence-corrected chi connectivity index (χ4v) is 1.69. The van der Waals surface area contributed by atoms with Crippen LogP contribution >= 0.6 is 0 Å². The van der Waals surface area contributed by atoms with Gasteiger partial charge in [0.25, 0.3) is 0 Å². The maximum Gasteiger partial charge on any atom is 0.0547 e. The minimum Gasteiger partial charge on any atom is -0.378 e. The van der Waals surface area contributed by atoms with E-state index in [4.69, 9.17) is 9.47 Å². The van der Waals surface area contributed by atoms with E-state index in [1.807, 2.05) is 0 Å². The van der Waals surface area contributed by atoms with Gasteiger partial charge in [0.15, 0.2) is 0 Å². The lowest BCUT2D eigenvalue weighted by Gasteiger charge is -2.42. The highest BCUT2D eigenvalue weighted by Crippen LogP contribution is 2.41. The zero-order valence-electron chi connectivity index (χ0n) is 10.0. The zero-order chi connectivity index (χ0) is 10.6. The van der Waals surface area contributed by atoms with Crippen molar-refractivity contribution < 1.29 is 9.47 Å². The first-order chi connectivity index (χ1) is 6.54. The standard InChI is InChI=1S/C12H24O2/c1-10(2)13-8-12(6-5-7-12)9-14-11(3)4/h10-11H,5-9H2,1-4H3. The fourth-order valence-electron chi connectivity index (χ4n) is 1.69. The largest absolute Gasteiger partial charge is 0.378 e. The quantitative estimate of drug-likeness (QED) is 0.656. The van der Waals surface area contributed by atoms with Crippen molar-refractivity contribution in [3.8, 4) is 0 Å². The van der Waals surface area contributed by atoms with Crippen LogP contribution < -0.4 is 0 Å². The average Bonchev–Trinajstić information content (AvgIpc) is 2.01. The van der Waals surface area contributed by atoms with Crippen LogP contribution in [0.3, 0.4) is 0 Å². The highest BCUT2D eigenvalue weighted by atomic mass is 16.5. The summed E-state index contributed by atoms with van der Waals surface area (Å²) in [5.74, 6) is 0. The predicted molar refractivity (Wildman–Crippen MR) is 58.5 cm³/mol. The molecule has 0 radical (unpaired) electrons. The molecule has 0 N–H and O–H groups in total. The summed E-state index contributed by atoms with van der Waals surface area (Å²) in [5, 5.41) is 0. The lowest BCUT2D eigenvalue weighted by molar-refractivity contribution is -0.0917. The first-order valence-electron chi connectivity index (χ1n) is 5.77. The molecule has 0 aromatic heterocycles. The van der Waals surface area contributed by atoms with E-state index in [9.17, 15) is 0 Å². The van der Waals surface area contributed by atoms with E-state index in [1.165, 1.54) is 19.3 Å². The molecule has 1 rings (SSSR count). The molecule has 0 heterocycles. The third-order valence-corrected chi connectivity index (χ3v) is 2.86. The van der Waals surface area contributed by atoms with Crippen LogP contribution in [0.1, 0.15) is 47.0 Å². The van der Waals surface area contributed by atoms with E-state index in [0.717, 1.165) is 13.2 Å². The van der Waals surface area contributed by atoms with E-state index in [2.05, 4.69) is 27.7 Å². The highest BCUT2D eigenvalue weighted by Gasteiger charge is 2.37. The van der Waals surface area contributed by atoms with Crippen molar-refractivity contribution in [2.24, 2.45) is 5.41 Å². The van der Waals surface area contributed by atoms with Gasteiger partial charge in [-0.3, -0.25) is 0 Å². The Kier molecular flexibility index (Phi) is 4.39. The maximum absolute atomic E-state index is 5.70. The molecule has 2 heteroatoms. The van der Waals surface area contributed by atoms with Crippen LogP contribution in [0, 0.1) is 5.41 Å². The van der Waals surface area contributed by atoms with Gasteiger partial charge in [0.1, 0.15) is 0 Å². The molecule has 1 fully saturated rings. The molecule has 84 valence electrons. The Morgan fingerprint density at radius 3 is 1.57 bits per heavy atom. The highest BCUT2D eigenvalue weighted by molar-refractivity contribution is 4.87. The van der Waals surface area contributed by atoms with Gasteiger partial charge in [0.05, 0.1) is 25.4 Å². The number of ether oxygens (including phenoxy) is 2. The summed E-state index contributed by atoms with van der Waals surface area (Å²) >= 11 is 0. The van der Waals surface area contributed by atoms with Gasteiger partial charge in [0.2, 0.25) is 0 Å². The smallest absolute Gasteiger partial charge is 0.0547 e. The Morgan fingerprint density at radius 1 is 0.929 bits per heavy atom. The second-order valence-corrected chi connectivity index (χ2v) is 5.07. The topological polar surface area (TPSA) is 18.5 Å². The molecule has 0 bridgehead atoms. The summed E-state index contributed by atoms with van der Waals surface area (Å²) in [5.41, 5.74) is 0.342. The molecule has 0 amide bonds. The summed E-state index contributed by atoms with van der Waals surface area (Å²) in [7, 11) is 0. The van der Waals surface area contributed by atoms with Crippen molar-refractivity contribution in [1.82, 2.24) is 0 Å². The van der Waals surface area contributed by atoms with Crippen molar-refractivity contribution >= 4 is 0 Å². The normalized spacial score (nSPS) is 20.1. The van der Waals surface area contributed by atoms with Crippen molar-refractivity contribution in [2.75, 3.05) is 13.2 Å². The van der Waals surface area contributed by atoms with Gasteiger partial charge in [0, 0.05) is 5.41 Å². The molecule has 14 heavy (non-hydrogen) atoms. The summed E-state index contributed by atoms with van der Waals surface area (Å²) in [6.07, 6.45) is 4.56. The van der Waals surface area contributed by atoms with Crippen LogP contribution in [-0.4, -0.2) is 25.4 Å². The van der Waals surface area contributed by atoms with Crippen LogP contribution in [0.25, 0.3) is 0 Å². The van der Waals surface area contributed by atoms with Gasteiger partial charge in [-0.05, 0) is 40.5 Å². The molecule has 1 saturated carbocycles. The van der Waals surface area contributed by atoms with Crippen molar-refractivity contribution in [2.45, 2.75) is 59.2 Å². The van der Waals surface area contributed by atoms with Crippen molar-refractivity contribution in [3.63, 3.8) is 0 Å². The Morgan fingerprint density at radius 2 is 1.36 bits per heavy atom. The predicted octanol–water partition coefficient (Wildman–Crippen LogP) is 3.01. The molecule has 0 aromatic carbocycles. The van der Waals surface area contributed by atoms with E-state index < -0.39 is 0 Å². The third kappa shape index (κ3) is 3.58. The molecule has 0 atom stereocenters. The first kappa shape index (κ1) is 12.0. The Hall–Kier alpha value is -0.0800. The number of hydrogen-bond acceptors (Lipinski definition) is 2. The summed E-state index contributed by atoms with van der Waals surface area (Å²) < 4.78 is 11.4. The van der Waals surface area contributed by atoms with Crippen LogP contribution in [0.4, 0.5) is 0 Å². The molecular weight excluding hydrogens is 176 g/mol. The van der Waals surface area contributed by atoms with Crippen LogP contribution in [0.2, 0.25) is 0 Å². The monoisotopic (exact) mass is 200 g/mol. The lowest BCUT2D eigenvalue weighted by atomic mass is 9.70. The van der Waals surface area contributed by atoms with Crippen molar-refractivity contribution in [1.29, 1.82) is 0 Å². The lowest BCUT2D eigenvalue weighted by Crippen LogP contribution is -2.40. The molecule has 1 aliphatic rings. The molecule has 0 spiro atoms. The molecule has 0 aliphatic heterocycles. The van der Waals surface area contributed by atoms with Gasteiger partial charge in [-0.1, -0.05) is 6.42 Å². The third-order valence-electron chi connectivity index (χ3n) is 2.86. The minimum atomic E-state index is 0.339. The van der Waals surface area contributed by atoms with Gasteiger partial charge in [-0.15, -0.1) is 0 Å². The maximum atomic E-state index is 5.70. The van der Waals surface area contributed by atoms with Crippen molar-refractivity contribution in [3.05, 3.63) is 0 Å². The van der Waals surface area contributed by atoms with Gasteiger partial charge in [-0.25, -0.2) is 0 Å². The number of hydrogen-bond donors (Lipinski definition) is 0. The second kappa shape index (κ2) is 5.13. The van der Waals surface area contributed by atoms with Gasteiger partial charge < -0.3 is 9.47 Å². The molecular formula is C12H24O2. The Labute approximate surface area is 88.0 Å². The molecule has 1 aliphatic carbocycles. The molecule has 0 saturated heterocycles.